The molecule has 0 fully saturated rings. The van der Waals surface area contributed by atoms with E-state index in [9.17, 15) is 0 Å². The molecule has 2 N–H and O–H groups in total. The van der Waals surface area contributed by atoms with Crippen molar-refractivity contribution >= 4 is 5.69 Å². The topological polar surface area (TPSA) is 93.4 Å². The van der Waals surface area contributed by atoms with Gasteiger partial charge in [0.05, 0.1) is 5.56 Å². The van der Waals surface area contributed by atoms with Crippen LogP contribution in [0.25, 0.3) is 17.2 Å². The number of hydrogen-bond donors (Lipinski definition) is 1. The van der Waals surface area contributed by atoms with Crippen molar-refractivity contribution in [3.63, 3.8) is 0 Å². The number of nitriles is 1. The molecule has 6 heteroatoms. The smallest absolute Gasteiger partial charge is 0.181 e. The fraction of sp³-hybridized carbons (Fsp3) is 0. The largest absolute Gasteiger partial charge is 0.399 e. The second-order valence-corrected chi connectivity index (χ2v) is 4.16. The lowest BCUT2D eigenvalue weighted by atomic mass is 10.2. The Morgan fingerprint density at radius 3 is 2.75 bits per heavy atom. The van der Waals surface area contributed by atoms with Crippen LogP contribution in [0.15, 0.2) is 48.9 Å². The van der Waals surface area contributed by atoms with Crippen LogP contribution in [0.3, 0.4) is 0 Å². The van der Waals surface area contributed by atoms with Gasteiger partial charge in [-0.25, -0.2) is 14.6 Å². The Balaban J connectivity index is 1.95. The summed E-state index contributed by atoms with van der Waals surface area (Å²) in [6.45, 7) is 0. The summed E-state index contributed by atoms with van der Waals surface area (Å²) in [6.07, 6.45) is 3.07. The molecule has 0 aliphatic carbocycles. The molecule has 0 saturated heterocycles. The molecule has 0 aliphatic rings. The number of hydrogen-bond acceptors (Lipinski definition) is 5. The van der Waals surface area contributed by atoms with Gasteiger partial charge in [-0.15, -0.1) is 5.10 Å². The zero-order valence-electron chi connectivity index (χ0n) is 10.4. The monoisotopic (exact) mass is 262 g/mol. The molecule has 2 aromatic heterocycles. The molecule has 20 heavy (non-hydrogen) atoms. The van der Waals surface area contributed by atoms with Gasteiger partial charge in [0.15, 0.2) is 11.6 Å². The highest BCUT2D eigenvalue weighted by Crippen LogP contribution is 2.17. The minimum Gasteiger partial charge on any atom is -0.399 e. The number of nitrogen functional groups attached to an aromatic ring is 1. The number of benzene rings is 1. The molecule has 3 rings (SSSR count). The van der Waals surface area contributed by atoms with Crippen LogP contribution >= 0.6 is 0 Å². The molecule has 3 aromatic rings. The molecular weight excluding hydrogens is 252 g/mol. The number of nitrogens with two attached hydrogens (primary N) is 1. The first-order valence-corrected chi connectivity index (χ1v) is 5.90. The van der Waals surface area contributed by atoms with Gasteiger partial charge >= 0.3 is 0 Å². The first-order chi connectivity index (χ1) is 9.76. The van der Waals surface area contributed by atoms with Gasteiger partial charge in [0.2, 0.25) is 0 Å². The predicted octanol–water partition coefficient (Wildman–Crippen LogP) is 1.78. The molecule has 0 unspecified atom stereocenters. The number of aromatic nitrogens is 4. The summed E-state index contributed by atoms with van der Waals surface area (Å²) < 4.78 is 1.56. The normalized spacial score (nSPS) is 10.2. The van der Waals surface area contributed by atoms with Crippen molar-refractivity contribution in [2.24, 2.45) is 0 Å². The van der Waals surface area contributed by atoms with Gasteiger partial charge in [-0.1, -0.05) is 12.1 Å². The average Bonchev–Trinajstić information content (AvgIpc) is 2.97. The van der Waals surface area contributed by atoms with Gasteiger partial charge in [0.25, 0.3) is 0 Å². The maximum absolute atomic E-state index is 8.74. The first kappa shape index (κ1) is 11.9. The van der Waals surface area contributed by atoms with E-state index in [1.807, 2.05) is 30.3 Å². The summed E-state index contributed by atoms with van der Waals surface area (Å²) in [5.41, 5.74) is 7.75. The Labute approximate surface area is 115 Å². The molecule has 0 bridgehead atoms. The van der Waals surface area contributed by atoms with Crippen LogP contribution in [-0.2, 0) is 0 Å². The van der Waals surface area contributed by atoms with Crippen molar-refractivity contribution in [1.29, 1.82) is 5.26 Å². The van der Waals surface area contributed by atoms with Crippen molar-refractivity contribution in [3.05, 3.63) is 54.5 Å². The molecule has 96 valence electrons. The lowest BCUT2D eigenvalue weighted by Gasteiger charge is -1.99. The van der Waals surface area contributed by atoms with E-state index in [1.54, 1.807) is 23.1 Å². The van der Waals surface area contributed by atoms with Crippen LogP contribution in [0.2, 0.25) is 0 Å². The van der Waals surface area contributed by atoms with Crippen molar-refractivity contribution in [2.45, 2.75) is 0 Å². The van der Waals surface area contributed by atoms with E-state index in [0.29, 0.717) is 22.9 Å². The molecule has 0 aliphatic heterocycles. The Kier molecular flexibility index (Phi) is 2.86. The van der Waals surface area contributed by atoms with Crippen LogP contribution in [0.1, 0.15) is 5.56 Å². The molecule has 0 radical (unpaired) electrons. The standard InChI is InChI=1S/C14H10N6/c15-7-10-4-5-13(17-8-10)20-9-18-14(19-20)11-2-1-3-12(16)6-11/h1-6,8-9H,16H2. The van der Waals surface area contributed by atoms with E-state index >= 15 is 0 Å². The van der Waals surface area contributed by atoms with Crippen LogP contribution in [-0.4, -0.2) is 19.7 Å². The third kappa shape index (κ3) is 2.20. The zero-order chi connectivity index (χ0) is 13.9. The summed E-state index contributed by atoms with van der Waals surface area (Å²) >= 11 is 0. The van der Waals surface area contributed by atoms with Gasteiger partial charge < -0.3 is 5.73 Å². The second kappa shape index (κ2) is 4.82. The van der Waals surface area contributed by atoms with Gasteiger partial charge in [0.1, 0.15) is 12.4 Å². The van der Waals surface area contributed by atoms with Crippen LogP contribution in [0, 0.1) is 11.3 Å². The molecule has 0 saturated carbocycles. The lowest BCUT2D eigenvalue weighted by Crippen LogP contribution is -1.98. The van der Waals surface area contributed by atoms with E-state index in [2.05, 4.69) is 15.1 Å². The van der Waals surface area contributed by atoms with Crippen LogP contribution in [0.5, 0.6) is 0 Å². The SMILES string of the molecule is N#Cc1ccc(-n2cnc(-c3cccc(N)c3)n2)nc1. The lowest BCUT2D eigenvalue weighted by molar-refractivity contribution is 0.847. The second-order valence-electron chi connectivity index (χ2n) is 4.16. The average molecular weight is 262 g/mol. The van der Waals surface area contributed by atoms with E-state index in [-0.39, 0.29) is 0 Å². The zero-order valence-corrected chi connectivity index (χ0v) is 10.4. The van der Waals surface area contributed by atoms with Crippen molar-refractivity contribution < 1.29 is 0 Å². The third-order valence-electron chi connectivity index (χ3n) is 2.75. The Hall–Kier alpha value is -3.20. The number of pyridine rings is 1. The molecule has 0 amide bonds. The Morgan fingerprint density at radius 2 is 2.05 bits per heavy atom. The number of anilines is 1. The molecule has 0 atom stereocenters. The highest BCUT2D eigenvalue weighted by atomic mass is 15.4. The Morgan fingerprint density at radius 1 is 1.15 bits per heavy atom. The number of rotatable bonds is 2. The van der Waals surface area contributed by atoms with Crippen molar-refractivity contribution in [3.8, 4) is 23.3 Å². The molecule has 0 spiro atoms. The highest BCUT2D eigenvalue weighted by molar-refractivity contribution is 5.60. The van der Waals surface area contributed by atoms with Gasteiger partial charge in [-0.05, 0) is 24.3 Å². The molecule has 1 aromatic carbocycles. The van der Waals surface area contributed by atoms with E-state index in [1.165, 1.54) is 6.20 Å². The quantitative estimate of drug-likeness (QED) is 0.710. The van der Waals surface area contributed by atoms with Gasteiger partial charge in [-0.3, -0.25) is 0 Å². The molecule has 2 heterocycles. The van der Waals surface area contributed by atoms with Gasteiger partial charge in [0, 0.05) is 17.4 Å². The third-order valence-corrected chi connectivity index (χ3v) is 2.75. The molecular formula is C14H10N6. The van der Waals surface area contributed by atoms with E-state index < -0.39 is 0 Å². The fourth-order valence-corrected chi connectivity index (χ4v) is 1.77. The van der Waals surface area contributed by atoms with Crippen LogP contribution in [0.4, 0.5) is 5.69 Å². The maximum Gasteiger partial charge on any atom is 0.181 e. The van der Waals surface area contributed by atoms with E-state index in [0.717, 1.165) is 5.56 Å². The van der Waals surface area contributed by atoms with Crippen molar-refractivity contribution in [2.75, 3.05) is 5.73 Å². The van der Waals surface area contributed by atoms with E-state index in [4.69, 9.17) is 11.0 Å². The summed E-state index contributed by atoms with van der Waals surface area (Å²) in [5, 5.41) is 13.1. The minimum atomic E-state index is 0.505. The van der Waals surface area contributed by atoms with Gasteiger partial charge in [-0.2, -0.15) is 5.26 Å². The molecule has 6 nitrogen and oxygen atoms in total. The summed E-state index contributed by atoms with van der Waals surface area (Å²) in [7, 11) is 0. The predicted molar refractivity (Wildman–Crippen MR) is 73.7 cm³/mol. The first-order valence-electron chi connectivity index (χ1n) is 5.90. The Bertz CT molecular complexity index is 782. The summed E-state index contributed by atoms with van der Waals surface area (Å²) in [6, 6.07) is 12.8. The number of nitrogens with zero attached hydrogens (tertiary/aromatic N) is 5. The minimum absolute atomic E-state index is 0.505. The summed E-state index contributed by atoms with van der Waals surface area (Å²) in [4.78, 5) is 8.40. The summed E-state index contributed by atoms with van der Waals surface area (Å²) in [5.74, 6) is 1.18. The van der Waals surface area contributed by atoms with Crippen LogP contribution < -0.4 is 5.73 Å². The maximum atomic E-state index is 8.74. The van der Waals surface area contributed by atoms with Crippen molar-refractivity contribution in [1.82, 2.24) is 19.7 Å². The highest BCUT2D eigenvalue weighted by Gasteiger charge is 2.06. The fourth-order valence-electron chi connectivity index (χ4n) is 1.77.